The molecule has 4 nitrogen and oxygen atoms in total. The Bertz CT molecular complexity index is 507. The van der Waals surface area contributed by atoms with Crippen LogP contribution in [0.15, 0.2) is 18.2 Å². The summed E-state index contributed by atoms with van der Waals surface area (Å²) in [4.78, 5) is 4.76. The van der Waals surface area contributed by atoms with Gasteiger partial charge in [-0.1, -0.05) is 6.92 Å². The fourth-order valence-corrected chi connectivity index (χ4v) is 2.98. The second-order valence-electron chi connectivity index (χ2n) is 7.04. The first-order valence-electron chi connectivity index (χ1n) is 8.52. The van der Waals surface area contributed by atoms with Crippen molar-refractivity contribution in [3.05, 3.63) is 29.6 Å². The van der Waals surface area contributed by atoms with E-state index in [9.17, 15) is 9.50 Å². The van der Waals surface area contributed by atoms with Crippen molar-refractivity contribution in [2.45, 2.75) is 39.3 Å². The van der Waals surface area contributed by atoms with Gasteiger partial charge in [0.25, 0.3) is 0 Å². The van der Waals surface area contributed by atoms with Gasteiger partial charge in [0.2, 0.25) is 0 Å². The Morgan fingerprint density at radius 3 is 2.48 bits per heavy atom. The summed E-state index contributed by atoms with van der Waals surface area (Å²) < 4.78 is 13.8. The van der Waals surface area contributed by atoms with E-state index in [4.69, 9.17) is 0 Å². The highest BCUT2D eigenvalue weighted by Crippen LogP contribution is 2.28. The Kier molecular flexibility index (Phi) is 6.00. The molecule has 0 aromatic heterocycles. The quantitative estimate of drug-likeness (QED) is 0.843. The Hall–Kier alpha value is -1.17. The van der Waals surface area contributed by atoms with E-state index in [1.54, 1.807) is 19.9 Å². The van der Waals surface area contributed by atoms with Crippen LogP contribution in [0.4, 0.5) is 10.1 Å². The van der Waals surface area contributed by atoms with E-state index in [1.165, 1.54) is 6.07 Å². The molecule has 2 rings (SSSR count). The standard InChI is InChI=1S/C18H30FN3O/c1-5-21-8-10-22(11-9-21)17-7-6-15(19)12-16(17)14(2)20-13-18(3,4)23/h6-7,12,14,20,23H,5,8-11,13H2,1-4H3. The number of piperazine rings is 1. The first-order valence-corrected chi connectivity index (χ1v) is 8.52. The number of anilines is 1. The molecule has 1 heterocycles. The van der Waals surface area contributed by atoms with E-state index in [0.29, 0.717) is 6.54 Å². The highest BCUT2D eigenvalue weighted by Gasteiger charge is 2.22. The number of nitrogens with zero attached hydrogens (tertiary/aromatic N) is 2. The lowest BCUT2D eigenvalue weighted by Gasteiger charge is -2.37. The predicted molar refractivity (Wildman–Crippen MR) is 93.4 cm³/mol. The fourth-order valence-electron chi connectivity index (χ4n) is 2.98. The molecule has 1 unspecified atom stereocenters. The maximum Gasteiger partial charge on any atom is 0.123 e. The Morgan fingerprint density at radius 2 is 1.91 bits per heavy atom. The van der Waals surface area contributed by atoms with Crippen LogP contribution in [0.5, 0.6) is 0 Å². The van der Waals surface area contributed by atoms with Crippen molar-refractivity contribution >= 4 is 5.69 Å². The summed E-state index contributed by atoms with van der Waals surface area (Å²) in [5, 5.41) is 13.2. The Labute approximate surface area is 139 Å². The average molecular weight is 323 g/mol. The average Bonchev–Trinajstić information content (AvgIpc) is 2.52. The van der Waals surface area contributed by atoms with Crippen LogP contribution < -0.4 is 10.2 Å². The molecule has 0 aliphatic carbocycles. The largest absolute Gasteiger partial charge is 0.389 e. The van der Waals surface area contributed by atoms with E-state index < -0.39 is 5.60 Å². The molecule has 0 amide bonds. The van der Waals surface area contributed by atoms with Gasteiger partial charge in [-0.3, -0.25) is 0 Å². The zero-order valence-corrected chi connectivity index (χ0v) is 14.8. The second-order valence-corrected chi connectivity index (χ2v) is 7.04. The minimum absolute atomic E-state index is 0.0173. The molecule has 5 heteroatoms. The molecule has 1 fully saturated rings. The van der Waals surface area contributed by atoms with Crippen molar-refractivity contribution < 1.29 is 9.50 Å². The first-order chi connectivity index (χ1) is 10.8. The molecule has 1 aliphatic rings. The van der Waals surface area contributed by atoms with Gasteiger partial charge in [0, 0.05) is 44.5 Å². The van der Waals surface area contributed by atoms with Gasteiger partial charge < -0.3 is 20.2 Å². The number of aliphatic hydroxyl groups is 1. The minimum atomic E-state index is -0.783. The van der Waals surface area contributed by atoms with Crippen LogP contribution in [-0.2, 0) is 0 Å². The van der Waals surface area contributed by atoms with Crippen LogP contribution in [0.3, 0.4) is 0 Å². The van der Waals surface area contributed by atoms with Crippen molar-refractivity contribution in [2.75, 3.05) is 44.2 Å². The van der Waals surface area contributed by atoms with Crippen molar-refractivity contribution in [3.63, 3.8) is 0 Å². The lowest BCUT2D eigenvalue weighted by atomic mass is 10.0. The van der Waals surface area contributed by atoms with Crippen molar-refractivity contribution in [3.8, 4) is 0 Å². The molecule has 23 heavy (non-hydrogen) atoms. The van der Waals surface area contributed by atoms with E-state index in [1.807, 2.05) is 13.0 Å². The monoisotopic (exact) mass is 323 g/mol. The summed E-state index contributed by atoms with van der Waals surface area (Å²) in [6.07, 6.45) is 0. The van der Waals surface area contributed by atoms with Crippen LogP contribution >= 0.6 is 0 Å². The van der Waals surface area contributed by atoms with Crippen LogP contribution in [0.25, 0.3) is 0 Å². The number of nitrogens with one attached hydrogen (secondary N) is 1. The molecule has 0 spiro atoms. The third-order valence-electron chi connectivity index (χ3n) is 4.46. The van der Waals surface area contributed by atoms with E-state index in [0.717, 1.165) is 44.0 Å². The van der Waals surface area contributed by atoms with Gasteiger partial charge in [0.05, 0.1) is 5.60 Å². The van der Waals surface area contributed by atoms with Crippen LogP contribution in [0.1, 0.15) is 39.3 Å². The Morgan fingerprint density at radius 1 is 1.26 bits per heavy atom. The summed E-state index contributed by atoms with van der Waals surface area (Å²) in [6, 6.07) is 5.02. The third-order valence-corrected chi connectivity index (χ3v) is 4.46. The molecule has 130 valence electrons. The van der Waals surface area contributed by atoms with Crippen molar-refractivity contribution in [1.82, 2.24) is 10.2 Å². The first kappa shape index (κ1) is 18.2. The number of halogens is 1. The lowest BCUT2D eigenvalue weighted by molar-refractivity contribution is 0.0770. The van der Waals surface area contributed by atoms with Crippen LogP contribution in [0, 0.1) is 5.82 Å². The normalized spacial score (nSPS) is 18.3. The molecular weight excluding hydrogens is 293 g/mol. The predicted octanol–water partition coefficient (Wildman–Crippen LogP) is 2.39. The third kappa shape index (κ3) is 5.16. The maximum absolute atomic E-state index is 13.8. The van der Waals surface area contributed by atoms with Gasteiger partial charge in [-0.25, -0.2) is 4.39 Å². The summed E-state index contributed by atoms with van der Waals surface area (Å²) in [7, 11) is 0. The van der Waals surface area contributed by atoms with Crippen LogP contribution in [-0.4, -0.2) is 54.9 Å². The summed E-state index contributed by atoms with van der Waals surface area (Å²) in [5.41, 5.74) is 1.27. The second kappa shape index (κ2) is 7.60. The highest BCUT2D eigenvalue weighted by atomic mass is 19.1. The molecule has 2 N–H and O–H groups in total. The van der Waals surface area contributed by atoms with Gasteiger partial charge in [-0.05, 0) is 51.1 Å². The van der Waals surface area contributed by atoms with Gasteiger partial charge in [-0.2, -0.15) is 0 Å². The van der Waals surface area contributed by atoms with E-state index in [2.05, 4.69) is 22.0 Å². The van der Waals surface area contributed by atoms with Gasteiger partial charge in [-0.15, -0.1) is 0 Å². The molecule has 0 radical (unpaired) electrons. The molecule has 1 atom stereocenters. The SMILES string of the molecule is CCN1CCN(c2ccc(F)cc2C(C)NCC(C)(C)O)CC1. The molecule has 0 bridgehead atoms. The van der Waals surface area contributed by atoms with E-state index in [-0.39, 0.29) is 11.9 Å². The van der Waals surface area contributed by atoms with Gasteiger partial charge in [0.1, 0.15) is 5.82 Å². The summed E-state index contributed by atoms with van der Waals surface area (Å²) in [5.74, 6) is -0.215. The van der Waals surface area contributed by atoms with Gasteiger partial charge >= 0.3 is 0 Å². The van der Waals surface area contributed by atoms with Gasteiger partial charge in [0.15, 0.2) is 0 Å². The maximum atomic E-state index is 13.8. The molecule has 1 aromatic rings. The van der Waals surface area contributed by atoms with Crippen molar-refractivity contribution in [2.24, 2.45) is 0 Å². The number of hydrogen-bond donors (Lipinski definition) is 2. The fraction of sp³-hybridized carbons (Fsp3) is 0.667. The van der Waals surface area contributed by atoms with E-state index >= 15 is 0 Å². The highest BCUT2D eigenvalue weighted by molar-refractivity contribution is 5.55. The number of hydrogen-bond acceptors (Lipinski definition) is 4. The number of likely N-dealkylation sites (N-methyl/N-ethyl adjacent to an activating group) is 1. The number of rotatable bonds is 6. The van der Waals surface area contributed by atoms with Crippen molar-refractivity contribution in [1.29, 1.82) is 0 Å². The zero-order chi connectivity index (χ0) is 17.0. The van der Waals surface area contributed by atoms with Crippen LogP contribution in [0.2, 0.25) is 0 Å². The number of benzene rings is 1. The topological polar surface area (TPSA) is 38.7 Å². The Balaban J connectivity index is 2.14. The minimum Gasteiger partial charge on any atom is -0.389 e. The smallest absolute Gasteiger partial charge is 0.123 e. The molecule has 1 aromatic carbocycles. The summed E-state index contributed by atoms with van der Waals surface area (Å²) >= 11 is 0. The molecule has 1 aliphatic heterocycles. The molecule has 0 saturated carbocycles. The molecule has 1 saturated heterocycles. The lowest BCUT2D eigenvalue weighted by Crippen LogP contribution is -2.46. The summed E-state index contributed by atoms with van der Waals surface area (Å²) in [6.45, 7) is 13.3. The zero-order valence-electron chi connectivity index (χ0n) is 14.8. The molecular formula is C18H30FN3O.